The quantitative estimate of drug-likeness (QED) is 0.590. The largest absolute Gasteiger partial charge is 0.469 e. The minimum Gasteiger partial charge on any atom is -0.469 e. The summed E-state index contributed by atoms with van der Waals surface area (Å²) in [5.41, 5.74) is 2.41. The van der Waals surface area contributed by atoms with Crippen LogP contribution < -0.4 is 5.32 Å². The third-order valence-corrected chi connectivity index (χ3v) is 3.72. The zero-order valence-corrected chi connectivity index (χ0v) is 14.6. The highest BCUT2D eigenvalue weighted by atomic mass is 16.5. The van der Waals surface area contributed by atoms with Crippen LogP contribution in [0.5, 0.6) is 0 Å². The summed E-state index contributed by atoms with van der Waals surface area (Å²) in [4.78, 5) is 24.6. The second kappa shape index (κ2) is 9.87. The van der Waals surface area contributed by atoms with Crippen LogP contribution in [-0.2, 0) is 16.1 Å². The molecule has 0 aromatic heterocycles. The second-order valence-corrected chi connectivity index (χ2v) is 6.02. The maximum atomic E-state index is 12.0. The van der Waals surface area contributed by atoms with Gasteiger partial charge < -0.3 is 15.0 Å². The molecule has 1 aromatic rings. The topological polar surface area (TPSA) is 58.6 Å². The van der Waals surface area contributed by atoms with Crippen LogP contribution in [0.4, 0.5) is 4.79 Å². The number of hydrogen-bond donors (Lipinski definition) is 1. The molecule has 0 unspecified atom stereocenters. The first-order valence-electron chi connectivity index (χ1n) is 8.08. The fourth-order valence-corrected chi connectivity index (χ4v) is 2.18. The van der Waals surface area contributed by atoms with Gasteiger partial charge in [0.1, 0.15) is 0 Å². The summed E-state index contributed by atoms with van der Waals surface area (Å²) in [6, 6.07) is 8.25. The van der Waals surface area contributed by atoms with E-state index in [-0.39, 0.29) is 12.0 Å². The summed E-state index contributed by atoms with van der Waals surface area (Å²) in [5.74, 6) is 0.299. The molecule has 5 nitrogen and oxygen atoms in total. The minimum atomic E-state index is -0.210. The molecule has 0 spiro atoms. The molecule has 0 saturated carbocycles. The minimum absolute atomic E-state index is 0.101. The fourth-order valence-electron chi connectivity index (χ4n) is 2.18. The molecule has 0 aliphatic rings. The van der Waals surface area contributed by atoms with Gasteiger partial charge in [0.05, 0.1) is 7.11 Å². The smallest absolute Gasteiger partial charge is 0.317 e. The Morgan fingerprint density at radius 3 is 2.39 bits per heavy atom. The molecule has 0 bridgehead atoms. The number of carbonyl (C=O) groups excluding carboxylic acids is 2. The van der Waals surface area contributed by atoms with E-state index in [1.165, 1.54) is 12.7 Å². The molecule has 0 saturated heterocycles. The van der Waals surface area contributed by atoms with E-state index in [9.17, 15) is 9.59 Å². The van der Waals surface area contributed by atoms with Crippen LogP contribution in [0.3, 0.4) is 0 Å². The Morgan fingerprint density at radius 1 is 1.17 bits per heavy atom. The molecule has 23 heavy (non-hydrogen) atoms. The predicted molar refractivity (Wildman–Crippen MR) is 91.3 cm³/mol. The zero-order valence-electron chi connectivity index (χ0n) is 14.6. The summed E-state index contributed by atoms with van der Waals surface area (Å²) in [7, 11) is 3.16. The van der Waals surface area contributed by atoms with Crippen molar-refractivity contribution < 1.29 is 14.3 Å². The average molecular weight is 320 g/mol. The summed E-state index contributed by atoms with van der Waals surface area (Å²) in [6.07, 6.45) is 1.87. The lowest BCUT2D eigenvalue weighted by Gasteiger charge is -2.18. The Balaban J connectivity index is 2.29. The van der Waals surface area contributed by atoms with Crippen molar-refractivity contribution in [2.75, 3.05) is 20.7 Å². The number of nitrogens with one attached hydrogen (secondary N) is 1. The van der Waals surface area contributed by atoms with Gasteiger partial charge in [-0.15, -0.1) is 0 Å². The summed E-state index contributed by atoms with van der Waals surface area (Å²) < 4.78 is 4.57. The van der Waals surface area contributed by atoms with Crippen molar-refractivity contribution >= 4 is 12.0 Å². The van der Waals surface area contributed by atoms with Gasteiger partial charge in [-0.3, -0.25) is 4.79 Å². The van der Waals surface area contributed by atoms with Gasteiger partial charge >= 0.3 is 12.0 Å². The first-order valence-corrected chi connectivity index (χ1v) is 8.08. The maximum Gasteiger partial charge on any atom is 0.317 e. The molecular formula is C18H28N2O3. The highest BCUT2D eigenvalue weighted by molar-refractivity contribution is 5.73. The Kier molecular flexibility index (Phi) is 8.16. The molecule has 0 aliphatic carbocycles. The number of rotatable bonds is 8. The third-order valence-electron chi connectivity index (χ3n) is 3.72. The van der Waals surface area contributed by atoms with E-state index in [1.807, 2.05) is 0 Å². The van der Waals surface area contributed by atoms with E-state index >= 15 is 0 Å². The number of esters is 1. The van der Waals surface area contributed by atoms with E-state index in [1.54, 1.807) is 11.9 Å². The number of carbonyl (C=O) groups is 2. The molecule has 128 valence electrons. The van der Waals surface area contributed by atoms with Crippen LogP contribution in [0.2, 0.25) is 0 Å². The highest BCUT2D eigenvalue weighted by Crippen LogP contribution is 2.15. The van der Waals surface area contributed by atoms with Crippen LogP contribution in [0.1, 0.15) is 50.2 Å². The number of benzene rings is 1. The molecule has 0 aliphatic heterocycles. The standard InChI is InChI=1S/C18H28N2O3/c1-14(2)16-10-8-15(9-11-16)13-20(3)18(22)19-12-6-5-7-17(21)23-4/h8-11,14H,5-7,12-13H2,1-4H3,(H,19,22). The molecule has 0 fully saturated rings. The van der Waals surface area contributed by atoms with Crippen molar-refractivity contribution in [3.8, 4) is 0 Å². The van der Waals surface area contributed by atoms with Gasteiger partial charge in [-0.1, -0.05) is 38.1 Å². The van der Waals surface area contributed by atoms with E-state index in [4.69, 9.17) is 0 Å². The molecule has 1 rings (SSSR count). The Labute approximate surface area is 139 Å². The van der Waals surface area contributed by atoms with Crippen LogP contribution >= 0.6 is 0 Å². The first-order chi connectivity index (χ1) is 10.9. The summed E-state index contributed by atoms with van der Waals surface area (Å²) >= 11 is 0. The molecule has 5 heteroatoms. The van der Waals surface area contributed by atoms with Crippen molar-refractivity contribution in [3.63, 3.8) is 0 Å². The van der Waals surface area contributed by atoms with Crippen molar-refractivity contribution in [2.45, 2.75) is 45.6 Å². The van der Waals surface area contributed by atoms with Crippen molar-refractivity contribution in [1.29, 1.82) is 0 Å². The molecular weight excluding hydrogens is 292 g/mol. The number of amides is 2. The van der Waals surface area contributed by atoms with Crippen LogP contribution in [0.15, 0.2) is 24.3 Å². The van der Waals surface area contributed by atoms with Gasteiger partial charge in [0.15, 0.2) is 0 Å². The van der Waals surface area contributed by atoms with E-state index in [0.717, 1.165) is 12.0 Å². The number of unbranched alkanes of at least 4 members (excludes halogenated alkanes) is 1. The molecule has 0 heterocycles. The number of hydrogen-bond acceptors (Lipinski definition) is 3. The van der Waals surface area contributed by atoms with Crippen LogP contribution in [-0.4, -0.2) is 37.6 Å². The van der Waals surface area contributed by atoms with Crippen molar-refractivity contribution in [3.05, 3.63) is 35.4 Å². The van der Waals surface area contributed by atoms with Gasteiger partial charge in [0.2, 0.25) is 0 Å². The number of urea groups is 1. The predicted octanol–water partition coefficient (Wildman–Crippen LogP) is 3.29. The van der Waals surface area contributed by atoms with Gasteiger partial charge in [-0.25, -0.2) is 4.79 Å². The van der Waals surface area contributed by atoms with Gasteiger partial charge in [0.25, 0.3) is 0 Å². The van der Waals surface area contributed by atoms with Crippen LogP contribution in [0, 0.1) is 0 Å². The number of methoxy groups -OCH3 is 1. The van der Waals surface area contributed by atoms with Gasteiger partial charge in [0, 0.05) is 26.6 Å². The highest BCUT2D eigenvalue weighted by Gasteiger charge is 2.09. The van der Waals surface area contributed by atoms with Gasteiger partial charge in [-0.2, -0.15) is 0 Å². The lowest BCUT2D eigenvalue weighted by atomic mass is 10.0. The Hall–Kier alpha value is -2.04. The van der Waals surface area contributed by atoms with E-state index in [0.29, 0.717) is 31.8 Å². The zero-order chi connectivity index (χ0) is 17.2. The molecule has 0 atom stereocenters. The SMILES string of the molecule is COC(=O)CCCCNC(=O)N(C)Cc1ccc(C(C)C)cc1. The molecule has 2 amide bonds. The Morgan fingerprint density at radius 2 is 1.83 bits per heavy atom. The van der Waals surface area contributed by atoms with E-state index in [2.05, 4.69) is 48.2 Å². The van der Waals surface area contributed by atoms with Gasteiger partial charge in [-0.05, 0) is 29.9 Å². The number of ether oxygens (including phenoxy) is 1. The first kappa shape index (κ1) is 19.0. The summed E-state index contributed by atoms with van der Waals surface area (Å²) in [6.45, 7) is 5.46. The number of nitrogens with zero attached hydrogens (tertiary/aromatic N) is 1. The average Bonchev–Trinajstić information content (AvgIpc) is 2.54. The fraction of sp³-hybridized carbons (Fsp3) is 0.556. The normalized spacial score (nSPS) is 10.5. The van der Waals surface area contributed by atoms with E-state index < -0.39 is 0 Å². The lowest BCUT2D eigenvalue weighted by molar-refractivity contribution is -0.140. The molecule has 1 aromatic carbocycles. The molecule has 1 N–H and O–H groups in total. The Bertz CT molecular complexity index is 497. The second-order valence-electron chi connectivity index (χ2n) is 6.02. The van der Waals surface area contributed by atoms with Crippen LogP contribution in [0.25, 0.3) is 0 Å². The van der Waals surface area contributed by atoms with Crippen molar-refractivity contribution in [2.24, 2.45) is 0 Å². The third kappa shape index (κ3) is 7.17. The maximum absolute atomic E-state index is 12.0. The monoisotopic (exact) mass is 320 g/mol. The van der Waals surface area contributed by atoms with Crippen molar-refractivity contribution in [1.82, 2.24) is 10.2 Å². The lowest BCUT2D eigenvalue weighted by Crippen LogP contribution is -2.37. The summed E-state index contributed by atoms with van der Waals surface area (Å²) in [5, 5.41) is 2.86. The molecule has 0 radical (unpaired) electrons.